The van der Waals surface area contributed by atoms with E-state index >= 15 is 0 Å². The summed E-state index contributed by atoms with van der Waals surface area (Å²) in [6, 6.07) is 12.5. The van der Waals surface area contributed by atoms with E-state index in [0.717, 1.165) is 24.8 Å². The molecular formula is C22H26F2O. The molecular weight excluding hydrogens is 318 g/mol. The molecule has 25 heavy (non-hydrogen) atoms. The highest BCUT2D eigenvalue weighted by molar-refractivity contribution is 5.70. The number of hydrogen-bond donors (Lipinski definition) is 0. The number of ether oxygens (including phenoxy) is 1. The fourth-order valence-corrected chi connectivity index (χ4v) is 2.07. The number of allylic oxidation sites excluding steroid dienone is 1. The molecule has 0 unspecified atom stereocenters. The predicted molar refractivity (Wildman–Crippen MR) is 103 cm³/mol. The second kappa shape index (κ2) is 12.0. The summed E-state index contributed by atoms with van der Waals surface area (Å²) in [5.41, 5.74) is 1.14. The molecule has 0 saturated carbocycles. The first-order valence-corrected chi connectivity index (χ1v) is 8.55. The standard InChI is InChI=1S/C19H20F2O.C3H6/c1-2-3-7-14-22-17-13-12-16(18(20)19(17)21)11-10-15-8-5-4-6-9-15;1-3-2/h4-6,8-13H,2-3,7,14H2,1H3;3H,1H2,2H3. The lowest BCUT2D eigenvalue weighted by Crippen LogP contribution is -2.01. The van der Waals surface area contributed by atoms with Gasteiger partial charge in [-0.25, -0.2) is 4.39 Å². The zero-order valence-electron chi connectivity index (χ0n) is 15.0. The van der Waals surface area contributed by atoms with Gasteiger partial charge in [0.1, 0.15) is 0 Å². The molecule has 0 heterocycles. The van der Waals surface area contributed by atoms with Crippen LogP contribution in [0.15, 0.2) is 55.1 Å². The quantitative estimate of drug-likeness (QED) is 0.302. The molecule has 0 radical (unpaired) electrons. The van der Waals surface area contributed by atoms with Gasteiger partial charge in [-0.1, -0.05) is 68.3 Å². The molecule has 0 amide bonds. The molecule has 0 aliphatic heterocycles. The van der Waals surface area contributed by atoms with Crippen molar-refractivity contribution in [2.45, 2.75) is 33.1 Å². The van der Waals surface area contributed by atoms with Crippen molar-refractivity contribution in [2.24, 2.45) is 0 Å². The van der Waals surface area contributed by atoms with Crippen LogP contribution in [0.5, 0.6) is 5.75 Å². The van der Waals surface area contributed by atoms with Gasteiger partial charge < -0.3 is 4.74 Å². The lowest BCUT2D eigenvalue weighted by molar-refractivity contribution is 0.286. The highest BCUT2D eigenvalue weighted by Gasteiger charge is 2.12. The molecule has 0 atom stereocenters. The minimum absolute atomic E-state index is 0.0227. The Hall–Kier alpha value is -2.42. The average Bonchev–Trinajstić information content (AvgIpc) is 2.63. The van der Waals surface area contributed by atoms with Gasteiger partial charge in [0.25, 0.3) is 0 Å². The molecule has 0 N–H and O–H groups in total. The molecule has 134 valence electrons. The van der Waals surface area contributed by atoms with Crippen molar-refractivity contribution in [3.8, 4) is 5.75 Å². The van der Waals surface area contributed by atoms with Crippen LogP contribution in [0, 0.1) is 11.6 Å². The van der Waals surface area contributed by atoms with Crippen molar-refractivity contribution >= 4 is 12.2 Å². The third-order valence-corrected chi connectivity index (χ3v) is 3.34. The van der Waals surface area contributed by atoms with Crippen LogP contribution in [0.1, 0.15) is 44.2 Å². The molecule has 0 saturated heterocycles. The number of rotatable bonds is 7. The van der Waals surface area contributed by atoms with E-state index in [9.17, 15) is 8.78 Å². The van der Waals surface area contributed by atoms with Gasteiger partial charge in [0, 0.05) is 5.56 Å². The lowest BCUT2D eigenvalue weighted by Gasteiger charge is -2.08. The van der Waals surface area contributed by atoms with Gasteiger partial charge in [-0.05, 0) is 31.0 Å². The van der Waals surface area contributed by atoms with Crippen LogP contribution in [0.25, 0.3) is 12.2 Å². The Morgan fingerprint density at radius 2 is 1.64 bits per heavy atom. The fraction of sp³-hybridized carbons (Fsp3) is 0.273. The van der Waals surface area contributed by atoms with E-state index in [-0.39, 0.29) is 11.3 Å². The Balaban J connectivity index is 0.000000970. The van der Waals surface area contributed by atoms with Crippen LogP contribution in [0.3, 0.4) is 0 Å². The summed E-state index contributed by atoms with van der Waals surface area (Å²) in [5, 5.41) is 0. The van der Waals surface area contributed by atoms with E-state index in [0.29, 0.717) is 6.61 Å². The Bertz CT molecular complexity index is 663. The van der Waals surface area contributed by atoms with Crippen LogP contribution in [-0.4, -0.2) is 6.61 Å². The maximum Gasteiger partial charge on any atom is 0.201 e. The summed E-state index contributed by atoms with van der Waals surface area (Å²) < 4.78 is 33.3. The van der Waals surface area contributed by atoms with Gasteiger partial charge in [-0.2, -0.15) is 4.39 Å². The van der Waals surface area contributed by atoms with E-state index in [1.54, 1.807) is 18.2 Å². The van der Waals surface area contributed by atoms with E-state index in [1.165, 1.54) is 12.1 Å². The van der Waals surface area contributed by atoms with Crippen LogP contribution < -0.4 is 4.74 Å². The number of halogens is 2. The van der Waals surface area contributed by atoms with Crippen molar-refractivity contribution in [3.05, 3.63) is 77.9 Å². The Morgan fingerprint density at radius 1 is 0.960 bits per heavy atom. The van der Waals surface area contributed by atoms with Crippen LogP contribution in [0.2, 0.25) is 0 Å². The maximum absolute atomic E-state index is 14.0. The zero-order valence-corrected chi connectivity index (χ0v) is 15.0. The van der Waals surface area contributed by atoms with E-state index in [1.807, 2.05) is 37.3 Å². The Labute approximate surface area is 149 Å². The lowest BCUT2D eigenvalue weighted by atomic mass is 10.1. The van der Waals surface area contributed by atoms with Gasteiger partial charge >= 0.3 is 0 Å². The number of benzene rings is 2. The summed E-state index contributed by atoms with van der Waals surface area (Å²) in [4.78, 5) is 0. The molecule has 0 aliphatic carbocycles. The van der Waals surface area contributed by atoms with Crippen LogP contribution >= 0.6 is 0 Å². The molecule has 0 fully saturated rings. The summed E-state index contributed by atoms with van der Waals surface area (Å²) >= 11 is 0. The smallest absolute Gasteiger partial charge is 0.201 e. The highest BCUT2D eigenvalue weighted by Crippen LogP contribution is 2.24. The topological polar surface area (TPSA) is 9.23 Å². The minimum atomic E-state index is -0.924. The monoisotopic (exact) mass is 344 g/mol. The summed E-state index contributed by atoms with van der Waals surface area (Å²) in [7, 11) is 0. The Kier molecular flexibility index (Phi) is 9.91. The second-order valence-electron chi connectivity index (χ2n) is 5.49. The third kappa shape index (κ3) is 7.34. The third-order valence-electron chi connectivity index (χ3n) is 3.34. The number of hydrogen-bond acceptors (Lipinski definition) is 1. The first kappa shape index (κ1) is 20.6. The van der Waals surface area contributed by atoms with E-state index in [2.05, 4.69) is 13.5 Å². The zero-order chi connectivity index (χ0) is 18.5. The van der Waals surface area contributed by atoms with Crippen LogP contribution in [0.4, 0.5) is 8.78 Å². The molecule has 2 aromatic carbocycles. The minimum Gasteiger partial charge on any atom is -0.490 e. The van der Waals surface area contributed by atoms with Crippen LogP contribution in [-0.2, 0) is 0 Å². The molecule has 2 aromatic rings. The SMILES string of the molecule is C=CC.CCCCCOc1ccc(C=Cc2ccccc2)c(F)c1F. The largest absolute Gasteiger partial charge is 0.490 e. The molecule has 2 rings (SSSR count). The van der Waals surface area contributed by atoms with Crippen molar-refractivity contribution in [1.29, 1.82) is 0 Å². The van der Waals surface area contributed by atoms with Crippen molar-refractivity contribution in [3.63, 3.8) is 0 Å². The molecule has 0 aromatic heterocycles. The van der Waals surface area contributed by atoms with Crippen molar-refractivity contribution < 1.29 is 13.5 Å². The molecule has 0 bridgehead atoms. The molecule has 0 aliphatic rings. The Morgan fingerprint density at radius 3 is 2.28 bits per heavy atom. The van der Waals surface area contributed by atoms with E-state index < -0.39 is 11.6 Å². The maximum atomic E-state index is 14.0. The van der Waals surface area contributed by atoms with Gasteiger partial charge in [-0.3, -0.25) is 0 Å². The van der Waals surface area contributed by atoms with Gasteiger partial charge in [0.15, 0.2) is 11.6 Å². The van der Waals surface area contributed by atoms with Gasteiger partial charge in [0.05, 0.1) is 6.61 Å². The first-order chi connectivity index (χ1) is 12.1. The second-order valence-corrected chi connectivity index (χ2v) is 5.49. The van der Waals surface area contributed by atoms with Crippen molar-refractivity contribution in [2.75, 3.05) is 6.61 Å². The summed E-state index contributed by atoms with van der Waals surface area (Å²) in [6.45, 7) is 7.73. The normalized spacial score (nSPS) is 10.2. The van der Waals surface area contributed by atoms with E-state index in [4.69, 9.17) is 4.74 Å². The number of unbranched alkanes of at least 4 members (excludes halogenated alkanes) is 2. The fourth-order valence-electron chi connectivity index (χ4n) is 2.07. The molecule has 3 heteroatoms. The molecule has 1 nitrogen and oxygen atoms in total. The first-order valence-electron chi connectivity index (χ1n) is 8.55. The predicted octanol–water partition coefficient (Wildman–Crippen LogP) is 6.90. The summed E-state index contributed by atoms with van der Waals surface area (Å²) in [6.07, 6.45) is 7.98. The average molecular weight is 344 g/mol. The molecule has 0 spiro atoms. The van der Waals surface area contributed by atoms with Crippen molar-refractivity contribution in [1.82, 2.24) is 0 Å². The summed E-state index contributed by atoms with van der Waals surface area (Å²) in [5.74, 6) is -1.82. The van der Waals surface area contributed by atoms with Gasteiger partial charge in [-0.15, -0.1) is 6.58 Å². The van der Waals surface area contributed by atoms with Gasteiger partial charge in [0.2, 0.25) is 5.82 Å². The highest BCUT2D eigenvalue weighted by atomic mass is 19.2.